The zero-order chi connectivity index (χ0) is 16.2. The smallest absolute Gasteiger partial charge is 0.177 e. The van der Waals surface area contributed by atoms with Gasteiger partial charge in [-0.1, -0.05) is 66.6 Å². The molecule has 1 heterocycles. The van der Waals surface area contributed by atoms with Crippen molar-refractivity contribution in [3.63, 3.8) is 0 Å². The van der Waals surface area contributed by atoms with E-state index in [0.29, 0.717) is 13.1 Å². The zero-order valence-corrected chi connectivity index (χ0v) is 13.1. The Morgan fingerprint density at radius 1 is 0.913 bits per heavy atom. The quantitative estimate of drug-likeness (QED) is 0.538. The molecular formula is C20H21NO2. The highest BCUT2D eigenvalue weighted by molar-refractivity contribution is 5.44. The molecule has 0 aromatic heterocycles. The van der Waals surface area contributed by atoms with Crippen molar-refractivity contribution in [2.45, 2.75) is 18.4 Å². The summed E-state index contributed by atoms with van der Waals surface area (Å²) >= 11 is 0. The first-order chi connectivity index (χ1) is 11.1. The van der Waals surface area contributed by atoms with Gasteiger partial charge in [0.2, 0.25) is 0 Å². The van der Waals surface area contributed by atoms with Crippen LogP contribution >= 0.6 is 0 Å². The normalized spacial score (nSPS) is 16.6. The Balaban J connectivity index is 1.94. The fourth-order valence-electron chi connectivity index (χ4n) is 3.05. The van der Waals surface area contributed by atoms with Crippen molar-refractivity contribution < 1.29 is 9.75 Å². The summed E-state index contributed by atoms with van der Waals surface area (Å²) in [4.78, 5) is 0. The van der Waals surface area contributed by atoms with Gasteiger partial charge in [-0.3, -0.25) is 0 Å². The largest absolute Gasteiger partial charge is 0.632 e. The minimum atomic E-state index is -1.39. The number of hydrogen-bond donors (Lipinski definition) is 1. The lowest BCUT2D eigenvalue weighted by molar-refractivity contribution is -0.860. The summed E-state index contributed by atoms with van der Waals surface area (Å²) in [6, 6.07) is 18.8. The van der Waals surface area contributed by atoms with Crippen LogP contribution in [0.5, 0.6) is 0 Å². The number of likely N-dealkylation sites (tertiary alicyclic amines) is 1. The number of quaternary nitrogens is 1. The first-order valence-electron chi connectivity index (χ1n) is 8.03. The Kier molecular flexibility index (Phi) is 4.49. The molecule has 0 bridgehead atoms. The third-order valence-electron chi connectivity index (χ3n) is 4.40. The Morgan fingerprint density at radius 2 is 1.39 bits per heavy atom. The SMILES string of the molecule is [O-][N+]1(CC#CC(O)(c2ccccc2)c2ccccc2)CCCC1. The van der Waals surface area contributed by atoms with Crippen LogP contribution in [0.2, 0.25) is 0 Å². The second-order valence-electron chi connectivity index (χ2n) is 6.11. The van der Waals surface area contributed by atoms with Gasteiger partial charge in [0.1, 0.15) is 6.54 Å². The second kappa shape index (κ2) is 6.55. The van der Waals surface area contributed by atoms with Gasteiger partial charge in [0.15, 0.2) is 5.60 Å². The number of nitrogens with zero attached hydrogens (tertiary/aromatic N) is 1. The molecule has 0 atom stereocenters. The average Bonchev–Trinajstić information content (AvgIpc) is 3.03. The van der Waals surface area contributed by atoms with Crippen molar-refractivity contribution in [1.29, 1.82) is 0 Å². The lowest BCUT2D eigenvalue weighted by Crippen LogP contribution is -2.39. The molecule has 1 N–H and O–H groups in total. The average molecular weight is 307 g/mol. The molecule has 1 fully saturated rings. The molecule has 23 heavy (non-hydrogen) atoms. The summed E-state index contributed by atoms with van der Waals surface area (Å²) in [5.74, 6) is 5.94. The van der Waals surface area contributed by atoms with Crippen molar-refractivity contribution in [2.24, 2.45) is 0 Å². The number of hydroxylamine groups is 3. The maximum Gasteiger partial charge on any atom is 0.177 e. The van der Waals surface area contributed by atoms with Crippen LogP contribution in [-0.2, 0) is 5.60 Å². The standard InChI is InChI=1S/C20H21NO2/c22-20(18-10-3-1-4-11-18,19-12-5-2-6-13-19)14-9-17-21(23)15-7-8-16-21/h1-6,10-13,22H,7-8,15-17H2. The summed E-state index contributed by atoms with van der Waals surface area (Å²) in [5.41, 5.74) is 0.0525. The number of aliphatic hydroxyl groups is 1. The van der Waals surface area contributed by atoms with E-state index in [1.807, 2.05) is 60.7 Å². The first-order valence-corrected chi connectivity index (χ1v) is 8.03. The maximum absolute atomic E-state index is 12.4. The Morgan fingerprint density at radius 3 is 1.87 bits per heavy atom. The van der Waals surface area contributed by atoms with Crippen LogP contribution in [0, 0.1) is 17.0 Å². The first kappa shape index (κ1) is 15.8. The number of rotatable bonds is 3. The molecule has 0 spiro atoms. The molecule has 3 heteroatoms. The summed E-state index contributed by atoms with van der Waals surface area (Å²) in [6.45, 7) is 1.50. The van der Waals surface area contributed by atoms with Gasteiger partial charge in [0, 0.05) is 24.0 Å². The van der Waals surface area contributed by atoms with Crippen LogP contribution in [0.1, 0.15) is 24.0 Å². The van der Waals surface area contributed by atoms with Crippen molar-refractivity contribution in [2.75, 3.05) is 19.6 Å². The molecule has 0 saturated carbocycles. The number of benzene rings is 2. The summed E-state index contributed by atoms with van der Waals surface area (Å²) < 4.78 is -0.257. The zero-order valence-electron chi connectivity index (χ0n) is 13.1. The van der Waals surface area contributed by atoms with Crippen LogP contribution in [0.25, 0.3) is 0 Å². The van der Waals surface area contributed by atoms with E-state index >= 15 is 0 Å². The minimum absolute atomic E-state index is 0.238. The molecule has 118 valence electrons. The summed E-state index contributed by atoms with van der Waals surface area (Å²) in [6.07, 6.45) is 1.93. The third kappa shape index (κ3) is 3.46. The third-order valence-corrected chi connectivity index (χ3v) is 4.40. The molecule has 1 saturated heterocycles. The highest BCUT2D eigenvalue weighted by Crippen LogP contribution is 2.28. The van der Waals surface area contributed by atoms with E-state index in [1.165, 1.54) is 0 Å². The van der Waals surface area contributed by atoms with E-state index < -0.39 is 5.60 Å². The second-order valence-corrected chi connectivity index (χ2v) is 6.11. The van der Waals surface area contributed by atoms with E-state index in [4.69, 9.17) is 0 Å². The highest BCUT2D eigenvalue weighted by atomic mass is 16.5. The van der Waals surface area contributed by atoms with Gasteiger partial charge in [0.25, 0.3) is 0 Å². The predicted octanol–water partition coefficient (Wildman–Crippen LogP) is 3.03. The Labute approximate surface area is 137 Å². The lowest BCUT2D eigenvalue weighted by atomic mass is 9.87. The van der Waals surface area contributed by atoms with Gasteiger partial charge in [-0.05, 0) is 5.92 Å². The fourth-order valence-corrected chi connectivity index (χ4v) is 3.05. The minimum Gasteiger partial charge on any atom is -0.632 e. The van der Waals surface area contributed by atoms with E-state index in [0.717, 1.165) is 24.0 Å². The molecule has 2 aromatic carbocycles. The van der Waals surface area contributed by atoms with Crippen molar-refractivity contribution >= 4 is 0 Å². The lowest BCUT2D eigenvalue weighted by Gasteiger charge is -2.36. The number of hydrogen-bond acceptors (Lipinski definition) is 2. The Bertz CT molecular complexity index is 655. The molecular weight excluding hydrogens is 286 g/mol. The van der Waals surface area contributed by atoms with Crippen LogP contribution in [0.15, 0.2) is 60.7 Å². The van der Waals surface area contributed by atoms with E-state index in [2.05, 4.69) is 11.8 Å². The maximum atomic E-state index is 12.4. The molecule has 2 aromatic rings. The van der Waals surface area contributed by atoms with Crippen LogP contribution in [-0.4, -0.2) is 29.4 Å². The van der Waals surface area contributed by atoms with E-state index in [-0.39, 0.29) is 11.2 Å². The van der Waals surface area contributed by atoms with Gasteiger partial charge < -0.3 is 15.0 Å². The summed E-state index contributed by atoms with van der Waals surface area (Å²) in [5, 5.41) is 23.6. The van der Waals surface area contributed by atoms with Gasteiger partial charge >= 0.3 is 0 Å². The van der Waals surface area contributed by atoms with Gasteiger partial charge in [-0.25, -0.2) is 0 Å². The van der Waals surface area contributed by atoms with Crippen molar-refractivity contribution in [1.82, 2.24) is 0 Å². The molecule has 0 amide bonds. The van der Waals surface area contributed by atoms with E-state index in [1.54, 1.807) is 0 Å². The molecule has 0 aliphatic carbocycles. The van der Waals surface area contributed by atoms with Crippen LogP contribution in [0.4, 0.5) is 0 Å². The Hall–Kier alpha value is -2.12. The van der Waals surface area contributed by atoms with Gasteiger partial charge in [-0.2, -0.15) is 0 Å². The fraction of sp³-hybridized carbons (Fsp3) is 0.300. The molecule has 1 aliphatic heterocycles. The van der Waals surface area contributed by atoms with Crippen LogP contribution < -0.4 is 0 Å². The topological polar surface area (TPSA) is 43.3 Å². The summed E-state index contributed by atoms with van der Waals surface area (Å²) in [7, 11) is 0. The molecule has 0 radical (unpaired) electrons. The highest BCUT2D eigenvalue weighted by Gasteiger charge is 2.29. The molecule has 1 aliphatic rings. The van der Waals surface area contributed by atoms with E-state index in [9.17, 15) is 10.3 Å². The van der Waals surface area contributed by atoms with Gasteiger partial charge in [0.05, 0.1) is 13.1 Å². The molecule has 0 unspecified atom stereocenters. The van der Waals surface area contributed by atoms with Gasteiger partial charge in [-0.15, -0.1) is 0 Å². The van der Waals surface area contributed by atoms with Crippen LogP contribution in [0.3, 0.4) is 0 Å². The predicted molar refractivity (Wildman–Crippen MR) is 91.1 cm³/mol. The monoisotopic (exact) mass is 307 g/mol. The molecule has 3 nitrogen and oxygen atoms in total. The molecule has 3 rings (SSSR count). The van der Waals surface area contributed by atoms with Crippen molar-refractivity contribution in [3.8, 4) is 11.8 Å². The van der Waals surface area contributed by atoms with Crippen molar-refractivity contribution in [3.05, 3.63) is 77.0 Å².